The third-order valence-corrected chi connectivity index (χ3v) is 1.78. The van der Waals surface area contributed by atoms with Gasteiger partial charge in [-0.15, -0.1) is 0 Å². The van der Waals surface area contributed by atoms with Crippen LogP contribution in [-0.2, 0) is 9.47 Å². The molecule has 1 rings (SSSR count). The summed E-state index contributed by atoms with van der Waals surface area (Å²) in [5.41, 5.74) is 1.17. The second-order valence-electron chi connectivity index (χ2n) is 4.05. The van der Waals surface area contributed by atoms with Crippen molar-refractivity contribution in [3.8, 4) is 0 Å². The van der Waals surface area contributed by atoms with Crippen molar-refractivity contribution in [3.63, 3.8) is 0 Å². The van der Waals surface area contributed by atoms with Crippen molar-refractivity contribution in [1.29, 1.82) is 0 Å². The summed E-state index contributed by atoms with van der Waals surface area (Å²) in [6, 6.07) is 0. The Labute approximate surface area is 74.6 Å². The average molecular weight is 170 g/mol. The van der Waals surface area contributed by atoms with E-state index in [2.05, 4.69) is 19.9 Å². The van der Waals surface area contributed by atoms with E-state index in [1.54, 1.807) is 0 Å². The van der Waals surface area contributed by atoms with E-state index >= 15 is 0 Å². The van der Waals surface area contributed by atoms with Crippen molar-refractivity contribution < 1.29 is 9.47 Å². The van der Waals surface area contributed by atoms with E-state index in [1.807, 2.05) is 13.8 Å². The van der Waals surface area contributed by atoms with E-state index < -0.39 is 0 Å². The molecule has 0 aromatic carbocycles. The fourth-order valence-electron chi connectivity index (χ4n) is 1.21. The van der Waals surface area contributed by atoms with Crippen molar-refractivity contribution in [3.05, 3.63) is 11.6 Å². The molecule has 0 N–H and O–H groups in total. The van der Waals surface area contributed by atoms with E-state index in [1.165, 1.54) is 5.57 Å². The molecule has 0 aromatic rings. The van der Waals surface area contributed by atoms with Crippen molar-refractivity contribution in [2.75, 3.05) is 13.2 Å². The predicted octanol–water partition coefficient (Wildman–Crippen LogP) is 2.15. The average Bonchev–Trinajstić information content (AvgIpc) is 2.26. The van der Waals surface area contributed by atoms with Crippen molar-refractivity contribution in [1.82, 2.24) is 0 Å². The van der Waals surface area contributed by atoms with Gasteiger partial charge in [-0.1, -0.05) is 0 Å². The molecule has 0 bridgehead atoms. The predicted molar refractivity (Wildman–Crippen MR) is 49.2 cm³/mol. The van der Waals surface area contributed by atoms with Crippen LogP contribution in [0.4, 0.5) is 0 Å². The minimum Gasteiger partial charge on any atom is -0.374 e. The van der Waals surface area contributed by atoms with E-state index in [9.17, 15) is 0 Å². The van der Waals surface area contributed by atoms with Gasteiger partial charge in [-0.3, -0.25) is 0 Å². The molecule has 2 heteroatoms. The van der Waals surface area contributed by atoms with Crippen molar-refractivity contribution in [2.24, 2.45) is 0 Å². The van der Waals surface area contributed by atoms with Gasteiger partial charge < -0.3 is 9.47 Å². The fraction of sp³-hybridized carbons (Fsp3) is 0.800. The van der Waals surface area contributed by atoms with Gasteiger partial charge in [-0.25, -0.2) is 0 Å². The SMILES string of the molecule is CC(C)OCC1=CC(C)(C)OC1. The lowest BCUT2D eigenvalue weighted by atomic mass is 10.1. The van der Waals surface area contributed by atoms with Crippen LogP contribution in [-0.4, -0.2) is 24.9 Å². The number of rotatable bonds is 3. The maximum Gasteiger partial charge on any atom is 0.0815 e. The minimum absolute atomic E-state index is 0.0876. The highest BCUT2D eigenvalue weighted by atomic mass is 16.5. The molecule has 0 atom stereocenters. The highest BCUT2D eigenvalue weighted by molar-refractivity contribution is 5.15. The van der Waals surface area contributed by atoms with Crippen LogP contribution in [0.2, 0.25) is 0 Å². The molecule has 1 aliphatic rings. The van der Waals surface area contributed by atoms with E-state index in [0.29, 0.717) is 12.7 Å². The van der Waals surface area contributed by atoms with Crippen molar-refractivity contribution in [2.45, 2.75) is 39.4 Å². The second kappa shape index (κ2) is 3.58. The van der Waals surface area contributed by atoms with Gasteiger partial charge in [0.25, 0.3) is 0 Å². The zero-order valence-electron chi connectivity index (χ0n) is 8.39. The largest absolute Gasteiger partial charge is 0.374 e. The van der Waals surface area contributed by atoms with Gasteiger partial charge in [0.1, 0.15) is 0 Å². The Morgan fingerprint density at radius 2 is 2.25 bits per heavy atom. The quantitative estimate of drug-likeness (QED) is 0.604. The smallest absolute Gasteiger partial charge is 0.0815 e. The molecular weight excluding hydrogens is 152 g/mol. The summed E-state index contributed by atoms with van der Waals surface area (Å²) in [5.74, 6) is 0. The molecule has 0 aromatic heterocycles. The molecule has 1 heterocycles. The van der Waals surface area contributed by atoms with Crippen LogP contribution in [0, 0.1) is 0 Å². The Kier molecular flexibility index (Phi) is 2.91. The molecule has 12 heavy (non-hydrogen) atoms. The first-order valence-corrected chi connectivity index (χ1v) is 4.46. The second-order valence-corrected chi connectivity index (χ2v) is 4.05. The summed E-state index contributed by atoms with van der Waals surface area (Å²) < 4.78 is 11.0. The summed E-state index contributed by atoms with van der Waals surface area (Å²) >= 11 is 0. The Morgan fingerprint density at radius 1 is 1.58 bits per heavy atom. The number of hydrogen-bond donors (Lipinski definition) is 0. The third kappa shape index (κ3) is 2.95. The normalized spacial score (nSPS) is 21.6. The molecule has 70 valence electrons. The molecule has 0 saturated carbocycles. The van der Waals surface area contributed by atoms with Crippen LogP contribution in [0.3, 0.4) is 0 Å². The zero-order valence-corrected chi connectivity index (χ0v) is 8.39. The summed E-state index contributed by atoms with van der Waals surface area (Å²) in [4.78, 5) is 0. The highest BCUT2D eigenvalue weighted by Gasteiger charge is 2.23. The fourth-order valence-corrected chi connectivity index (χ4v) is 1.21. The molecular formula is C10H18O2. The van der Waals surface area contributed by atoms with E-state index in [-0.39, 0.29) is 5.60 Å². The molecule has 0 amide bonds. The number of ether oxygens (including phenoxy) is 2. The highest BCUT2D eigenvalue weighted by Crippen LogP contribution is 2.22. The van der Waals surface area contributed by atoms with Gasteiger partial charge in [0.15, 0.2) is 0 Å². The lowest BCUT2D eigenvalue weighted by Gasteiger charge is -2.12. The van der Waals surface area contributed by atoms with Gasteiger partial charge in [0.2, 0.25) is 0 Å². The summed E-state index contributed by atoms with van der Waals surface area (Å²) in [5, 5.41) is 0. The Bertz CT molecular complexity index is 180. The van der Waals surface area contributed by atoms with Crippen LogP contribution in [0.1, 0.15) is 27.7 Å². The van der Waals surface area contributed by atoms with E-state index in [4.69, 9.17) is 9.47 Å². The van der Waals surface area contributed by atoms with Crippen LogP contribution in [0.15, 0.2) is 11.6 Å². The lowest BCUT2D eigenvalue weighted by Crippen LogP contribution is -2.15. The molecule has 0 spiro atoms. The summed E-state index contributed by atoms with van der Waals surface area (Å²) in [6.45, 7) is 9.65. The lowest BCUT2D eigenvalue weighted by molar-refractivity contribution is 0.0473. The van der Waals surface area contributed by atoms with Crippen LogP contribution in [0.5, 0.6) is 0 Å². The molecule has 2 nitrogen and oxygen atoms in total. The Hall–Kier alpha value is -0.340. The third-order valence-electron chi connectivity index (χ3n) is 1.78. The Balaban J connectivity index is 2.35. The first-order chi connectivity index (χ1) is 5.49. The summed E-state index contributed by atoms with van der Waals surface area (Å²) in [7, 11) is 0. The molecule has 0 unspecified atom stereocenters. The minimum atomic E-state index is -0.0876. The molecule has 0 saturated heterocycles. The zero-order chi connectivity index (χ0) is 9.19. The first-order valence-electron chi connectivity index (χ1n) is 4.46. The molecule has 0 aliphatic carbocycles. The first kappa shape index (κ1) is 9.75. The van der Waals surface area contributed by atoms with Gasteiger partial charge >= 0.3 is 0 Å². The molecule has 1 aliphatic heterocycles. The van der Waals surface area contributed by atoms with Gasteiger partial charge in [-0.2, -0.15) is 0 Å². The topological polar surface area (TPSA) is 18.5 Å². The Morgan fingerprint density at radius 3 is 2.67 bits per heavy atom. The van der Waals surface area contributed by atoms with E-state index in [0.717, 1.165) is 6.61 Å². The maximum atomic E-state index is 5.51. The maximum absolute atomic E-state index is 5.51. The number of hydrogen-bond acceptors (Lipinski definition) is 2. The van der Waals surface area contributed by atoms with Gasteiger partial charge in [0, 0.05) is 0 Å². The standard InChI is InChI=1S/C10H18O2/c1-8(2)11-6-9-5-10(3,4)12-7-9/h5,8H,6-7H2,1-4H3. The molecule has 0 fully saturated rings. The van der Waals surface area contributed by atoms with Crippen LogP contribution >= 0.6 is 0 Å². The van der Waals surface area contributed by atoms with Crippen LogP contribution in [0.25, 0.3) is 0 Å². The monoisotopic (exact) mass is 170 g/mol. The van der Waals surface area contributed by atoms with Crippen LogP contribution < -0.4 is 0 Å². The van der Waals surface area contributed by atoms with Gasteiger partial charge in [-0.05, 0) is 39.3 Å². The molecule has 0 radical (unpaired) electrons. The van der Waals surface area contributed by atoms with Crippen molar-refractivity contribution >= 4 is 0 Å². The summed E-state index contributed by atoms with van der Waals surface area (Å²) in [6.07, 6.45) is 2.45. The van der Waals surface area contributed by atoms with Gasteiger partial charge in [0.05, 0.1) is 24.9 Å².